The Kier molecular flexibility index (Phi) is 5.34. The van der Waals surface area contributed by atoms with Crippen molar-refractivity contribution in [2.45, 2.75) is 31.6 Å². The van der Waals surface area contributed by atoms with Crippen LogP contribution in [-0.2, 0) is 10.2 Å². The molecule has 2 fully saturated rings. The molecular weight excluding hydrogens is 286 g/mol. The molecular formula is C19H29N3O. The van der Waals surface area contributed by atoms with Gasteiger partial charge in [0.05, 0.1) is 6.54 Å². The highest BCUT2D eigenvalue weighted by Crippen LogP contribution is 2.43. The Labute approximate surface area is 139 Å². The van der Waals surface area contributed by atoms with Crippen molar-refractivity contribution in [1.29, 1.82) is 0 Å². The first-order valence-electron chi connectivity index (χ1n) is 8.99. The van der Waals surface area contributed by atoms with Gasteiger partial charge in [-0.2, -0.15) is 0 Å². The van der Waals surface area contributed by atoms with E-state index in [1.807, 2.05) is 0 Å². The SMILES string of the molecule is CCN1CCN(CC(=O)NCC2(c3ccccc3)CCC2)CC1. The Morgan fingerprint density at radius 2 is 1.74 bits per heavy atom. The largest absolute Gasteiger partial charge is 0.354 e. The Morgan fingerprint density at radius 3 is 2.30 bits per heavy atom. The predicted molar refractivity (Wildman–Crippen MR) is 93.5 cm³/mol. The van der Waals surface area contributed by atoms with Crippen molar-refractivity contribution in [2.24, 2.45) is 0 Å². The van der Waals surface area contributed by atoms with Crippen LogP contribution in [0, 0.1) is 0 Å². The summed E-state index contributed by atoms with van der Waals surface area (Å²) in [7, 11) is 0. The molecule has 1 heterocycles. The Hall–Kier alpha value is -1.39. The van der Waals surface area contributed by atoms with E-state index in [0.29, 0.717) is 6.54 Å². The standard InChI is InChI=1S/C19H29N3O/c1-2-21-11-13-22(14-12-21)15-18(23)20-16-19(9-6-10-19)17-7-4-3-5-8-17/h3-5,7-8H,2,6,9-16H2,1H3,(H,20,23). The van der Waals surface area contributed by atoms with Crippen LogP contribution < -0.4 is 5.32 Å². The molecule has 1 amide bonds. The van der Waals surface area contributed by atoms with Gasteiger partial charge in [0, 0.05) is 38.1 Å². The summed E-state index contributed by atoms with van der Waals surface area (Å²) in [6.07, 6.45) is 3.64. The van der Waals surface area contributed by atoms with Gasteiger partial charge in [-0.1, -0.05) is 43.7 Å². The van der Waals surface area contributed by atoms with Crippen molar-refractivity contribution in [3.8, 4) is 0 Å². The van der Waals surface area contributed by atoms with Crippen LogP contribution in [-0.4, -0.2) is 61.5 Å². The maximum Gasteiger partial charge on any atom is 0.234 e. The predicted octanol–water partition coefficient (Wildman–Crippen LogP) is 1.86. The molecule has 23 heavy (non-hydrogen) atoms. The Balaban J connectivity index is 1.47. The third-order valence-electron chi connectivity index (χ3n) is 5.60. The molecule has 4 heteroatoms. The summed E-state index contributed by atoms with van der Waals surface area (Å²) in [5.74, 6) is 0.178. The van der Waals surface area contributed by atoms with Crippen molar-refractivity contribution in [2.75, 3.05) is 45.8 Å². The van der Waals surface area contributed by atoms with Gasteiger partial charge in [-0.05, 0) is 24.9 Å². The lowest BCUT2D eigenvalue weighted by Gasteiger charge is -2.43. The highest BCUT2D eigenvalue weighted by Gasteiger charge is 2.38. The topological polar surface area (TPSA) is 35.6 Å². The fraction of sp³-hybridized carbons (Fsp3) is 0.632. The zero-order valence-electron chi connectivity index (χ0n) is 14.3. The second-order valence-corrected chi connectivity index (χ2v) is 6.99. The molecule has 1 N–H and O–H groups in total. The number of nitrogens with one attached hydrogen (secondary N) is 1. The summed E-state index contributed by atoms with van der Waals surface area (Å²) in [6.45, 7) is 8.81. The van der Waals surface area contributed by atoms with Gasteiger partial charge in [-0.15, -0.1) is 0 Å². The summed E-state index contributed by atoms with van der Waals surface area (Å²) in [4.78, 5) is 17.0. The molecule has 0 aromatic heterocycles. The molecule has 0 unspecified atom stereocenters. The van der Waals surface area contributed by atoms with E-state index < -0.39 is 0 Å². The Bertz CT molecular complexity index is 505. The number of carbonyl (C=O) groups excluding carboxylic acids is 1. The minimum absolute atomic E-state index is 0.178. The first-order valence-corrected chi connectivity index (χ1v) is 8.99. The summed E-state index contributed by atoms with van der Waals surface area (Å²) in [5.41, 5.74) is 1.56. The number of amides is 1. The monoisotopic (exact) mass is 315 g/mol. The molecule has 1 aromatic rings. The van der Waals surface area contributed by atoms with Crippen LogP contribution in [0.1, 0.15) is 31.7 Å². The average Bonchev–Trinajstić information content (AvgIpc) is 2.55. The van der Waals surface area contributed by atoms with Crippen molar-refractivity contribution in [1.82, 2.24) is 15.1 Å². The molecule has 1 aliphatic heterocycles. The zero-order valence-corrected chi connectivity index (χ0v) is 14.3. The summed E-state index contributed by atoms with van der Waals surface area (Å²) in [6, 6.07) is 10.7. The smallest absolute Gasteiger partial charge is 0.234 e. The van der Waals surface area contributed by atoms with Crippen molar-refractivity contribution in [3.05, 3.63) is 35.9 Å². The van der Waals surface area contributed by atoms with E-state index in [9.17, 15) is 4.79 Å². The van der Waals surface area contributed by atoms with Crippen LogP contribution in [0.2, 0.25) is 0 Å². The summed E-state index contributed by atoms with van der Waals surface area (Å²) >= 11 is 0. The molecule has 0 atom stereocenters. The third kappa shape index (κ3) is 3.93. The number of nitrogens with zero attached hydrogens (tertiary/aromatic N) is 2. The minimum Gasteiger partial charge on any atom is -0.354 e. The molecule has 1 saturated heterocycles. The van der Waals surface area contributed by atoms with Gasteiger partial charge in [0.2, 0.25) is 5.91 Å². The number of hydrogen-bond donors (Lipinski definition) is 1. The van der Waals surface area contributed by atoms with Crippen LogP contribution in [0.4, 0.5) is 0 Å². The quantitative estimate of drug-likeness (QED) is 0.870. The number of rotatable bonds is 6. The lowest BCUT2D eigenvalue weighted by atomic mass is 9.64. The van der Waals surface area contributed by atoms with Gasteiger partial charge in [0.15, 0.2) is 0 Å². The Morgan fingerprint density at radius 1 is 1.09 bits per heavy atom. The highest BCUT2D eigenvalue weighted by molar-refractivity contribution is 5.78. The van der Waals surface area contributed by atoms with E-state index in [1.165, 1.54) is 24.8 Å². The summed E-state index contributed by atoms with van der Waals surface area (Å²) in [5, 5.41) is 3.20. The summed E-state index contributed by atoms with van der Waals surface area (Å²) < 4.78 is 0. The molecule has 126 valence electrons. The first kappa shape index (κ1) is 16.5. The van der Waals surface area contributed by atoms with Crippen LogP contribution in [0.25, 0.3) is 0 Å². The lowest BCUT2D eigenvalue weighted by molar-refractivity contribution is -0.123. The van der Waals surface area contributed by atoms with Crippen LogP contribution in [0.3, 0.4) is 0 Å². The maximum atomic E-state index is 12.3. The number of benzene rings is 1. The molecule has 2 aliphatic rings. The van der Waals surface area contributed by atoms with Crippen molar-refractivity contribution in [3.63, 3.8) is 0 Å². The van der Waals surface area contributed by atoms with E-state index in [0.717, 1.165) is 39.3 Å². The molecule has 0 spiro atoms. The number of carbonyl (C=O) groups is 1. The van der Waals surface area contributed by atoms with Gasteiger partial charge in [0.1, 0.15) is 0 Å². The van der Waals surface area contributed by atoms with E-state index >= 15 is 0 Å². The van der Waals surface area contributed by atoms with Gasteiger partial charge in [-0.3, -0.25) is 9.69 Å². The molecule has 0 bridgehead atoms. The normalized spacial score (nSPS) is 21.6. The van der Waals surface area contributed by atoms with Crippen LogP contribution >= 0.6 is 0 Å². The van der Waals surface area contributed by atoms with Gasteiger partial charge < -0.3 is 10.2 Å². The van der Waals surface area contributed by atoms with Gasteiger partial charge >= 0.3 is 0 Å². The van der Waals surface area contributed by atoms with Crippen LogP contribution in [0.5, 0.6) is 0 Å². The third-order valence-corrected chi connectivity index (χ3v) is 5.60. The molecule has 4 nitrogen and oxygen atoms in total. The van der Waals surface area contributed by atoms with Gasteiger partial charge in [0.25, 0.3) is 0 Å². The van der Waals surface area contributed by atoms with E-state index in [2.05, 4.69) is 52.4 Å². The molecule has 1 saturated carbocycles. The van der Waals surface area contributed by atoms with Crippen molar-refractivity contribution < 1.29 is 4.79 Å². The zero-order chi connectivity index (χ0) is 16.1. The maximum absolute atomic E-state index is 12.3. The van der Waals surface area contributed by atoms with Gasteiger partial charge in [-0.25, -0.2) is 0 Å². The average molecular weight is 315 g/mol. The number of likely N-dealkylation sites (N-methyl/N-ethyl adjacent to an activating group) is 1. The molecule has 3 rings (SSSR count). The van der Waals surface area contributed by atoms with E-state index in [-0.39, 0.29) is 11.3 Å². The second-order valence-electron chi connectivity index (χ2n) is 6.99. The first-order chi connectivity index (χ1) is 11.2. The minimum atomic E-state index is 0.178. The number of piperazine rings is 1. The fourth-order valence-corrected chi connectivity index (χ4v) is 3.75. The molecule has 0 radical (unpaired) electrons. The lowest BCUT2D eigenvalue weighted by Crippen LogP contribution is -2.51. The molecule has 1 aromatic carbocycles. The molecule has 1 aliphatic carbocycles. The fourth-order valence-electron chi connectivity index (χ4n) is 3.75. The van der Waals surface area contributed by atoms with E-state index in [1.54, 1.807) is 0 Å². The van der Waals surface area contributed by atoms with Crippen molar-refractivity contribution >= 4 is 5.91 Å². The number of hydrogen-bond acceptors (Lipinski definition) is 3. The highest BCUT2D eigenvalue weighted by atomic mass is 16.2. The van der Waals surface area contributed by atoms with Crippen LogP contribution in [0.15, 0.2) is 30.3 Å². The van der Waals surface area contributed by atoms with E-state index in [4.69, 9.17) is 0 Å². The second kappa shape index (κ2) is 7.45.